The number of aliphatic hydroxyl groups excluding tert-OH is 1. The van der Waals surface area contributed by atoms with Crippen LogP contribution >= 0.6 is 0 Å². The van der Waals surface area contributed by atoms with Crippen molar-refractivity contribution >= 4 is 11.8 Å². The molecule has 0 aliphatic carbocycles. The second-order valence-electron chi connectivity index (χ2n) is 10.5. The van der Waals surface area contributed by atoms with E-state index in [0.717, 1.165) is 36.4 Å². The second kappa shape index (κ2) is 14.3. The number of aliphatic hydroxyl groups is 1. The van der Waals surface area contributed by atoms with Gasteiger partial charge in [0.05, 0.1) is 6.61 Å². The van der Waals surface area contributed by atoms with E-state index in [9.17, 15) is 14.7 Å². The van der Waals surface area contributed by atoms with E-state index in [2.05, 4.69) is 10.6 Å². The van der Waals surface area contributed by atoms with E-state index in [1.165, 1.54) is 0 Å². The van der Waals surface area contributed by atoms with Gasteiger partial charge in [0.25, 0.3) is 11.8 Å². The molecule has 0 spiro atoms. The molecule has 3 rings (SSSR count). The van der Waals surface area contributed by atoms with Gasteiger partial charge in [-0.1, -0.05) is 36.4 Å². The molecule has 38 heavy (non-hydrogen) atoms. The summed E-state index contributed by atoms with van der Waals surface area (Å²) in [7, 11) is 3.41. The maximum Gasteiger partial charge on any atom is 0.255 e. The average molecular weight is 526 g/mol. The van der Waals surface area contributed by atoms with Gasteiger partial charge in [-0.25, -0.2) is 0 Å². The monoisotopic (exact) mass is 525 g/mol. The Bertz CT molecular complexity index is 1060. The zero-order valence-corrected chi connectivity index (χ0v) is 23.3. The van der Waals surface area contributed by atoms with Gasteiger partial charge in [-0.15, -0.1) is 0 Å². The molecule has 2 aromatic rings. The number of rotatable bonds is 13. The number of aryl methyl sites for hydroxylation is 1. The highest BCUT2D eigenvalue weighted by molar-refractivity contribution is 5.96. The van der Waals surface area contributed by atoms with Crippen LogP contribution in [0.5, 0.6) is 5.75 Å². The van der Waals surface area contributed by atoms with E-state index < -0.39 is 6.10 Å². The highest BCUT2D eigenvalue weighted by atomic mass is 16.5. The van der Waals surface area contributed by atoms with Crippen LogP contribution in [0.2, 0.25) is 0 Å². The van der Waals surface area contributed by atoms with E-state index in [0.29, 0.717) is 37.3 Å². The number of carbonyl (C=O) groups is 2. The summed E-state index contributed by atoms with van der Waals surface area (Å²) < 4.78 is 11.4. The molecule has 1 fully saturated rings. The summed E-state index contributed by atoms with van der Waals surface area (Å²) >= 11 is 0. The fourth-order valence-electron chi connectivity index (χ4n) is 5.01. The minimum atomic E-state index is -1.19. The first kappa shape index (κ1) is 29.6. The summed E-state index contributed by atoms with van der Waals surface area (Å²) in [6.07, 6.45) is 0.203. The molecular formula is C30H43N3O5. The first-order valence-electron chi connectivity index (χ1n) is 13.5. The van der Waals surface area contributed by atoms with Crippen LogP contribution in [0.3, 0.4) is 0 Å². The van der Waals surface area contributed by atoms with E-state index in [1.807, 2.05) is 51.1 Å². The first-order chi connectivity index (χ1) is 18.2. The molecule has 3 atom stereocenters. The number of hydrogen-bond donors (Lipinski definition) is 3. The van der Waals surface area contributed by atoms with Crippen molar-refractivity contribution in [2.24, 2.45) is 11.8 Å². The molecule has 0 bridgehead atoms. The second-order valence-corrected chi connectivity index (χ2v) is 10.5. The average Bonchev–Trinajstić information content (AvgIpc) is 3.33. The van der Waals surface area contributed by atoms with Crippen LogP contribution in [0.15, 0.2) is 42.5 Å². The number of methoxy groups -OCH3 is 1. The maximum absolute atomic E-state index is 13.2. The lowest BCUT2D eigenvalue weighted by atomic mass is 9.86. The minimum Gasteiger partial charge on any atom is -0.493 e. The Kier molecular flexibility index (Phi) is 11.1. The molecular weight excluding hydrogens is 482 g/mol. The van der Waals surface area contributed by atoms with Gasteiger partial charge in [-0.3, -0.25) is 9.59 Å². The Labute approximate surface area is 226 Å². The summed E-state index contributed by atoms with van der Waals surface area (Å²) in [4.78, 5) is 27.8. The number of hydrogen-bond acceptors (Lipinski definition) is 6. The molecule has 8 heteroatoms. The molecule has 1 aliphatic heterocycles. The summed E-state index contributed by atoms with van der Waals surface area (Å²) in [5.74, 6) is 0.670. The highest BCUT2D eigenvalue weighted by Gasteiger charge is 2.33. The molecule has 208 valence electrons. The quantitative estimate of drug-likeness (QED) is 0.348. The van der Waals surface area contributed by atoms with Crippen LogP contribution in [0.1, 0.15) is 53.4 Å². The van der Waals surface area contributed by atoms with E-state index in [1.54, 1.807) is 31.2 Å². The molecule has 1 heterocycles. The molecule has 2 aromatic carbocycles. The van der Waals surface area contributed by atoms with Gasteiger partial charge in [-0.05, 0) is 69.3 Å². The number of likely N-dealkylation sites (N-methyl/N-ethyl adjacent to an activating group) is 1. The van der Waals surface area contributed by atoms with Gasteiger partial charge in [-0.2, -0.15) is 0 Å². The third-order valence-corrected chi connectivity index (χ3v) is 7.04. The van der Waals surface area contributed by atoms with Gasteiger partial charge < -0.3 is 30.1 Å². The van der Waals surface area contributed by atoms with Crippen LogP contribution in [0.25, 0.3) is 0 Å². The fraction of sp³-hybridized carbons (Fsp3) is 0.533. The molecule has 0 aromatic heterocycles. The Hall–Kier alpha value is -2.94. The minimum absolute atomic E-state index is 0.0133. The number of amides is 2. The van der Waals surface area contributed by atoms with Gasteiger partial charge in [0, 0.05) is 50.9 Å². The third kappa shape index (κ3) is 7.79. The molecule has 3 N–H and O–H groups in total. The predicted molar refractivity (Wildman–Crippen MR) is 148 cm³/mol. The van der Waals surface area contributed by atoms with Crippen LogP contribution < -0.4 is 15.4 Å². The van der Waals surface area contributed by atoms with Crippen molar-refractivity contribution in [1.82, 2.24) is 15.5 Å². The summed E-state index contributed by atoms with van der Waals surface area (Å²) in [5.41, 5.74) is 3.10. The van der Waals surface area contributed by atoms with Crippen molar-refractivity contribution < 1.29 is 24.2 Å². The lowest BCUT2D eigenvalue weighted by Gasteiger charge is -2.28. The van der Waals surface area contributed by atoms with E-state index in [4.69, 9.17) is 9.47 Å². The van der Waals surface area contributed by atoms with Crippen molar-refractivity contribution in [3.05, 3.63) is 64.7 Å². The van der Waals surface area contributed by atoms with Crippen LogP contribution in [-0.2, 0) is 16.0 Å². The Morgan fingerprint density at radius 2 is 1.82 bits per heavy atom. The van der Waals surface area contributed by atoms with Crippen LogP contribution in [0, 0.1) is 18.8 Å². The van der Waals surface area contributed by atoms with Crippen molar-refractivity contribution in [3.63, 3.8) is 0 Å². The smallest absolute Gasteiger partial charge is 0.255 e. The molecule has 0 radical (unpaired) electrons. The zero-order valence-electron chi connectivity index (χ0n) is 23.3. The van der Waals surface area contributed by atoms with Gasteiger partial charge >= 0.3 is 0 Å². The van der Waals surface area contributed by atoms with Crippen molar-refractivity contribution in [2.45, 2.75) is 45.8 Å². The molecule has 1 aliphatic rings. The molecule has 1 saturated heterocycles. The summed E-state index contributed by atoms with van der Waals surface area (Å²) in [6, 6.07) is 12.8. The lowest BCUT2D eigenvalue weighted by molar-refractivity contribution is -0.139. The number of benzene rings is 2. The van der Waals surface area contributed by atoms with Crippen molar-refractivity contribution in [3.8, 4) is 5.75 Å². The van der Waals surface area contributed by atoms with Crippen LogP contribution in [-0.4, -0.2) is 74.9 Å². The lowest BCUT2D eigenvalue weighted by Crippen LogP contribution is -2.38. The van der Waals surface area contributed by atoms with Crippen molar-refractivity contribution in [1.29, 1.82) is 0 Å². The van der Waals surface area contributed by atoms with Gasteiger partial charge in [0.1, 0.15) is 5.75 Å². The predicted octanol–water partition coefficient (Wildman–Crippen LogP) is 3.12. The Morgan fingerprint density at radius 1 is 1.11 bits per heavy atom. The fourth-order valence-corrected chi connectivity index (χ4v) is 5.01. The molecule has 8 nitrogen and oxygen atoms in total. The number of nitrogens with zero attached hydrogens (tertiary/aromatic N) is 1. The zero-order chi connectivity index (χ0) is 27.7. The first-order valence-corrected chi connectivity index (χ1v) is 13.5. The Balaban J connectivity index is 1.80. The summed E-state index contributed by atoms with van der Waals surface area (Å²) in [5, 5.41) is 17.1. The molecule has 0 unspecified atom stereocenters. The third-order valence-electron chi connectivity index (χ3n) is 7.04. The van der Waals surface area contributed by atoms with E-state index in [-0.39, 0.29) is 29.7 Å². The van der Waals surface area contributed by atoms with Gasteiger partial charge in [0.15, 0.2) is 6.10 Å². The topological polar surface area (TPSA) is 100 Å². The van der Waals surface area contributed by atoms with Crippen LogP contribution in [0.4, 0.5) is 0 Å². The number of ether oxygens (including phenoxy) is 2. The molecule has 2 amide bonds. The largest absolute Gasteiger partial charge is 0.493 e. The van der Waals surface area contributed by atoms with Gasteiger partial charge in [0.2, 0.25) is 0 Å². The summed E-state index contributed by atoms with van der Waals surface area (Å²) in [6.45, 7) is 9.03. The SMILES string of the molecule is COCCCOc1c(C)ccc(C(=O)NC(C)C)c1C[C@@H]1CNC[C@H]1CN(C)C(=O)[C@@H](O)c1ccccc1. The number of carbonyl (C=O) groups excluding carboxylic acids is 2. The van der Waals surface area contributed by atoms with E-state index >= 15 is 0 Å². The normalized spacial score (nSPS) is 17.9. The highest BCUT2D eigenvalue weighted by Crippen LogP contribution is 2.33. The van der Waals surface area contributed by atoms with Crippen molar-refractivity contribution in [2.75, 3.05) is 47.0 Å². The molecule has 0 saturated carbocycles. The standard InChI is InChI=1S/C30H43N3O5/c1-20(2)32-29(35)25-13-12-21(3)28(38-15-9-14-37-5)26(25)16-23-17-31-18-24(23)19-33(4)30(36)27(34)22-10-7-6-8-11-22/h6-8,10-13,20,23-24,27,31,34H,9,14-19H2,1-5H3,(H,32,35)/t23-,24+,27+/m1/s1. The number of nitrogens with one attached hydrogen (secondary N) is 2. The Morgan fingerprint density at radius 3 is 2.50 bits per heavy atom. The maximum atomic E-state index is 13.2.